The average Bonchev–Trinajstić information content (AvgIpc) is 3.72. The van der Waals surface area contributed by atoms with Crippen LogP contribution >= 0.6 is 11.3 Å². The second-order valence-corrected chi connectivity index (χ2v) is 13.8. The van der Waals surface area contributed by atoms with E-state index in [0.29, 0.717) is 46.7 Å². The third-order valence-electron chi connectivity index (χ3n) is 9.22. The molecule has 1 aliphatic heterocycles. The number of nitrogen functional groups attached to an aromatic ring is 1. The molecule has 2 N–H and O–H groups in total. The molecule has 220 valence electrons. The molecule has 4 aromatic heterocycles. The highest BCUT2D eigenvalue weighted by Gasteiger charge is 2.49. The van der Waals surface area contributed by atoms with Crippen LogP contribution in [0, 0.1) is 17.2 Å². The Morgan fingerprint density at radius 3 is 2.76 bits per heavy atom. The number of aromatic nitrogens is 5. The summed E-state index contributed by atoms with van der Waals surface area (Å²) in [7, 11) is 3.94. The zero-order valence-electron chi connectivity index (χ0n) is 24.5. The number of halogens is 1. The number of anilines is 2. The largest absolute Gasteiger partial charge is 0.389 e. The number of nitrogens with two attached hydrogens (primary N) is 1. The van der Waals surface area contributed by atoms with Crippen LogP contribution in [0.1, 0.15) is 72.9 Å². The molecule has 5 heterocycles. The van der Waals surface area contributed by atoms with Crippen LogP contribution < -0.4 is 10.6 Å². The minimum absolute atomic E-state index is 0.364. The molecule has 12 heteroatoms. The number of fused-ring (bicyclic) bond motifs is 5. The minimum atomic E-state index is -1.04. The maximum absolute atomic E-state index is 15.1. The van der Waals surface area contributed by atoms with Gasteiger partial charge in [-0.25, -0.2) is 19.0 Å². The van der Waals surface area contributed by atoms with Crippen LogP contribution in [0.15, 0.2) is 10.7 Å². The second-order valence-electron chi connectivity index (χ2n) is 12.7. The van der Waals surface area contributed by atoms with E-state index in [1.807, 2.05) is 19.0 Å². The summed E-state index contributed by atoms with van der Waals surface area (Å²) >= 11 is 1.53. The monoisotopic (exact) mass is 589 g/mol. The van der Waals surface area contributed by atoms with Gasteiger partial charge < -0.3 is 20.1 Å². The zero-order valence-corrected chi connectivity index (χ0v) is 25.3. The highest BCUT2D eigenvalue weighted by molar-refractivity contribution is 7.16. The first kappa shape index (κ1) is 27.3. The summed E-state index contributed by atoms with van der Waals surface area (Å²) in [6.07, 6.45) is 6.12. The zero-order chi connectivity index (χ0) is 29.3. The van der Waals surface area contributed by atoms with Gasteiger partial charge in [0.25, 0.3) is 0 Å². The summed E-state index contributed by atoms with van der Waals surface area (Å²) in [5, 5.41) is 20.7. The summed E-state index contributed by atoms with van der Waals surface area (Å²) in [6, 6.07) is 1.96. The first-order valence-electron chi connectivity index (χ1n) is 14.8. The summed E-state index contributed by atoms with van der Waals surface area (Å²) in [4.78, 5) is 15.4. The Kier molecular flexibility index (Phi) is 6.51. The van der Waals surface area contributed by atoms with Crippen LogP contribution in [0.3, 0.4) is 0 Å². The molecule has 0 amide bonds. The lowest BCUT2D eigenvalue weighted by Gasteiger charge is -2.39. The Bertz CT molecular complexity index is 1710. The lowest BCUT2D eigenvalue weighted by Crippen LogP contribution is -2.35. The summed E-state index contributed by atoms with van der Waals surface area (Å²) in [6.45, 7) is 6.04. The van der Waals surface area contributed by atoms with Gasteiger partial charge in [-0.3, -0.25) is 0 Å². The van der Waals surface area contributed by atoms with Gasteiger partial charge in [-0.15, -0.1) is 11.3 Å². The lowest BCUT2D eigenvalue weighted by atomic mass is 9.63. The van der Waals surface area contributed by atoms with Gasteiger partial charge in [0.05, 0.1) is 28.6 Å². The van der Waals surface area contributed by atoms with E-state index in [1.54, 1.807) is 10.9 Å². The van der Waals surface area contributed by atoms with Crippen molar-refractivity contribution >= 4 is 33.2 Å². The van der Waals surface area contributed by atoms with Crippen LogP contribution in [0.5, 0.6) is 0 Å². The number of nitrogens with zero attached hydrogens (tertiary/aromatic N) is 8. The van der Waals surface area contributed by atoms with Crippen LogP contribution in [-0.4, -0.2) is 69.7 Å². The molecule has 42 heavy (non-hydrogen) atoms. The highest BCUT2D eigenvalue weighted by atomic mass is 32.1. The maximum Gasteiger partial charge on any atom is 0.186 e. The number of likely N-dealkylation sites (tertiary alicyclic amines) is 1. The van der Waals surface area contributed by atoms with Gasteiger partial charge in [0, 0.05) is 37.1 Å². The van der Waals surface area contributed by atoms with E-state index in [1.165, 1.54) is 16.2 Å². The Labute approximate surface area is 248 Å². The van der Waals surface area contributed by atoms with Crippen molar-refractivity contribution in [2.24, 2.45) is 5.92 Å². The molecule has 2 aliphatic carbocycles. The fourth-order valence-corrected chi connectivity index (χ4v) is 8.72. The third kappa shape index (κ3) is 4.04. The molecule has 1 fully saturated rings. The number of likely N-dealkylation sites (N-methyl/N-ethyl adjacent to an activating group) is 1. The fraction of sp³-hybridized carbons (Fsp3) is 0.567. The van der Waals surface area contributed by atoms with E-state index in [2.05, 4.69) is 35.1 Å². The Morgan fingerprint density at radius 2 is 2.05 bits per heavy atom. The SMILES string of the molecule is CC(C)CN(C)c1nc(-c2noc3c2CCCC32CCCc3sc(N)c(C#N)c32)nc2c1cnn2C1CN(C)CC1F. The normalized spacial score (nSPS) is 23.9. The number of thiophene rings is 1. The molecule has 0 aromatic carbocycles. The standard InChI is InChI=1S/C30H36FN9OS/c1-16(2)13-39(4)28-19-12-34-40(21-15-38(3)14-20(21)31)29(19)36-27(35-28)24-17-7-5-9-30(25(17)41-37-24)10-6-8-22-23(30)18(11-32)26(33)42-22/h12,16,20-21H,5-10,13-15,33H2,1-4H3. The van der Waals surface area contributed by atoms with Crippen molar-refractivity contribution in [3.63, 3.8) is 0 Å². The van der Waals surface area contributed by atoms with Gasteiger partial charge in [0.1, 0.15) is 23.1 Å². The van der Waals surface area contributed by atoms with Crippen molar-refractivity contribution < 1.29 is 8.91 Å². The molecule has 7 rings (SSSR count). The van der Waals surface area contributed by atoms with Crippen LogP contribution in [0.4, 0.5) is 15.2 Å². The molecule has 3 unspecified atom stereocenters. The van der Waals surface area contributed by atoms with Gasteiger partial charge in [-0.2, -0.15) is 10.4 Å². The molecular weight excluding hydrogens is 553 g/mol. The molecule has 1 spiro atoms. The van der Waals surface area contributed by atoms with E-state index >= 15 is 4.39 Å². The summed E-state index contributed by atoms with van der Waals surface area (Å²) in [5.74, 6) is 2.43. The van der Waals surface area contributed by atoms with Gasteiger partial charge in [-0.1, -0.05) is 19.0 Å². The molecule has 3 atom stereocenters. The van der Waals surface area contributed by atoms with Gasteiger partial charge >= 0.3 is 0 Å². The average molecular weight is 590 g/mol. The molecule has 3 aliphatic rings. The van der Waals surface area contributed by atoms with Crippen LogP contribution in [0.2, 0.25) is 0 Å². The molecular formula is C30H36FN9OS. The molecule has 0 bridgehead atoms. The van der Waals surface area contributed by atoms with Gasteiger partial charge in [-0.05, 0) is 57.1 Å². The van der Waals surface area contributed by atoms with Crippen molar-refractivity contribution in [1.29, 1.82) is 5.26 Å². The van der Waals surface area contributed by atoms with Gasteiger partial charge in [0.15, 0.2) is 22.9 Å². The molecule has 1 saturated heterocycles. The van der Waals surface area contributed by atoms with E-state index in [9.17, 15) is 5.26 Å². The van der Waals surface area contributed by atoms with E-state index < -0.39 is 17.6 Å². The summed E-state index contributed by atoms with van der Waals surface area (Å²) in [5.41, 5.74) is 9.74. The number of hydrogen-bond donors (Lipinski definition) is 1. The molecule has 0 radical (unpaired) electrons. The Morgan fingerprint density at radius 1 is 1.26 bits per heavy atom. The van der Waals surface area contributed by atoms with Crippen molar-refractivity contribution in [2.75, 3.05) is 44.4 Å². The maximum atomic E-state index is 15.1. The van der Waals surface area contributed by atoms with Crippen LogP contribution in [0.25, 0.3) is 22.6 Å². The third-order valence-corrected chi connectivity index (χ3v) is 10.3. The molecule has 10 nitrogen and oxygen atoms in total. The first-order valence-corrected chi connectivity index (χ1v) is 15.6. The fourth-order valence-electron chi connectivity index (χ4n) is 7.56. The van der Waals surface area contributed by atoms with E-state index in [0.717, 1.165) is 73.2 Å². The molecule has 0 saturated carbocycles. The Hall–Kier alpha value is -3.56. The van der Waals surface area contributed by atoms with E-state index in [-0.39, 0.29) is 0 Å². The number of hydrogen-bond acceptors (Lipinski definition) is 10. The molecule has 4 aromatic rings. The number of alkyl halides is 1. The topological polar surface area (TPSA) is 126 Å². The van der Waals surface area contributed by atoms with Crippen molar-refractivity contribution in [2.45, 2.75) is 70.0 Å². The van der Waals surface area contributed by atoms with Crippen molar-refractivity contribution in [3.8, 4) is 17.6 Å². The number of rotatable bonds is 5. The lowest BCUT2D eigenvalue weighted by molar-refractivity contribution is 0.265. The second kappa shape index (κ2) is 10.0. The number of nitriles is 1. The minimum Gasteiger partial charge on any atom is -0.389 e. The van der Waals surface area contributed by atoms with Crippen molar-refractivity contribution in [1.82, 2.24) is 29.8 Å². The highest BCUT2D eigenvalue weighted by Crippen LogP contribution is 2.55. The first-order chi connectivity index (χ1) is 20.2. The predicted molar refractivity (Wildman–Crippen MR) is 160 cm³/mol. The predicted octanol–water partition coefficient (Wildman–Crippen LogP) is 4.87. The van der Waals surface area contributed by atoms with Crippen molar-refractivity contribution in [3.05, 3.63) is 33.5 Å². The quantitative estimate of drug-likeness (QED) is 0.347. The van der Waals surface area contributed by atoms with Crippen LogP contribution in [-0.2, 0) is 18.3 Å². The summed E-state index contributed by atoms with van der Waals surface area (Å²) < 4.78 is 23.1. The Balaban J connectivity index is 1.40. The van der Waals surface area contributed by atoms with Gasteiger partial charge in [0.2, 0.25) is 0 Å². The smallest absolute Gasteiger partial charge is 0.186 e. The van der Waals surface area contributed by atoms with E-state index in [4.69, 9.17) is 20.2 Å². The number of aryl methyl sites for hydroxylation is 1.